The minimum absolute atomic E-state index is 0.136. The van der Waals surface area contributed by atoms with Gasteiger partial charge in [0, 0.05) is 11.6 Å². The Morgan fingerprint density at radius 2 is 1.61 bits per heavy atom. The van der Waals surface area contributed by atoms with Crippen molar-refractivity contribution in [1.82, 2.24) is 9.97 Å². The predicted molar refractivity (Wildman–Crippen MR) is 112 cm³/mol. The fourth-order valence-electron chi connectivity index (χ4n) is 2.95. The van der Waals surface area contributed by atoms with Crippen LogP contribution in [-0.2, 0) is 16.2 Å². The Labute approximate surface area is 180 Å². The summed E-state index contributed by atoms with van der Waals surface area (Å²) in [5.74, 6) is 0. The van der Waals surface area contributed by atoms with Crippen molar-refractivity contribution >= 4 is 38.2 Å². The molecule has 31 heavy (non-hydrogen) atoms. The molecule has 4 aromatic rings. The van der Waals surface area contributed by atoms with Crippen LogP contribution in [0.25, 0.3) is 22.3 Å². The molecule has 5 nitrogen and oxygen atoms in total. The molecule has 0 saturated carbocycles. The first-order chi connectivity index (χ1) is 14.6. The number of anilines is 1. The second-order valence-electron chi connectivity index (χ2n) is 6.53. The van der Waals surface area contributed by atoms with E-state index in [-0.39, 0.29) is 16.1 Å². The average Bonchev–Trinajstić information content (AvgIpc) is 2.75. The lowest BCUT2D eigenvalue weighted by Crippen LogP contribution is -2.14. The standard InChI is InChI=1S/C21H13ClF3N3O2S/c22-16-9-11-19(20-15(16)8-10-18(27-20)17-3-1-2-12-26-17)28-31(29,30)14-6-4-13(5-7-14)21(23,24)25/h1-12,28H. The number of fused-ring (bicyclic) bond motifs is 1. The van der Waals surface area contributed by atoms with Crippen LogP contribution < -0.4 is 4.72 Å². The molecule has 0 radical (unpaired) electrons. The van der Waals surface area contributed by atoms with E-state index in [1.54, 1.807) is 36.5 Å². The van der Waals surface area contributed by atoms with Gasteiger partial charge in [0.15, 0.2) is 0 Å². The Morgan fingerprint density at radius 1 is 0.871 bits per heavy atom. The summed E-state index contributed by atoms with van der Waals surface area (Å²) in [5, 5.41) is 0.876. The molecule has 2 aromatic heterocycles. The van der Waals surface area contributed by atoms with E-state index < -0.39 is 21.8 Å². The Bertz CT molecular complexity index is 1360. The van der Waals surface area contributed by atoms with E-state index in [4.69, 9.17) is 11.6 Å². The van der Waals surface area contributed by atoms with Gasteiger partial charge in [-0.3, -0.25) is 9.71 Å². The van der Waals surface area contributed by atoms with Crippen molar-refractivity contribution in [3.8, 4) is 11.4 Å². The van der Waals surface area contributed by atoms with Gasteiger partial charge >= 0.3 is 6.18 Å². The molecule has 158 valence electrons. The highest BCUT2D eigenvalue weighted by molar-refractivity contribution is 7.92. The van der Waals surface area contributed by atoms with Gasteiger partial charge in [-0.15, -0.1) is 0 Å². The third-order valence-electron chi connectivity index (χ3n) is 4.47. The van der Waals surface area contributed by atoms with Crippen molar-refractivity contribution in [1.29, 1.82) is 0 Å². The summed E-state index contributed by atoms with van der Waals surface area (Å²) in [5.41, 5.74) is 0.569. The number of pyridine rings is 2. The zero-order valence-corrected chi connectivity index (χ0v) is 17.1. The van der Waals surface area contributed by atoms with Crippen molar-refractivity contribution in [3.63, 3.8) is 0 Å². The van der Waals surface area contributed by atoms with E-state index in [1.807, 2.05) is 0 Å². The quantitative estimate of drug-likeness (QED) is 0.417. The highest BCUT2D eigenvalue weighted by Gasteiger charge is 2.30. The second kappa shape index (κ2) is 7.82. The maximum atomic E-state index is 12.8. The third kappa shape index (κ3) is 4.33. The van der Waals surface area contributed by atoms with E-state index in [0.717, 1.165) is 12.1 Å². The highest BCUT2D eigenvalue weighted by atomic mass is 35.5. The van der Waals surface area contributed by atoms with E-state index in [9.17, 15) is 21.6 Å². The number of nitrogens with one attached hydrogen (secondary N) is 1. The molecule has 0 aliphatic heterocycles. The SMILES string of the molecule is O=S(=O)(Nc1ccc(Cl)c2ccc(-c3ccccn3)nc12)c1ccc(C(F)(F)F)cc1. The molecule has 4 rings (SSSR count). The minimum Gasteiger partial charge on any atom is -0.277 e. The number of alkyl halides is 3. The minimum atomic E-state index is -4.56. The topological polar surface area (TPSA) is 72.0 Å². The van der Waals surface area contributed by atoms with Gasteiger partial charge in [-0.25, -0.2) is 13.4 Å². The van der Waals surface area contributed by atoms with Gasteiger partial charge in [0.25, 0.3) is 10.0 Å². The largest absolute Gasteiger partial charge is 0.416 e. The van der Waals surface area contributed by atoms with Crippen LogP contribution in [0, 0.1) is 0 Å². The molecule has 10 heteroatoms. The van der Waals surface area contributed by atoms with Crippen molar-refractivity contribution in [2.24, 2.45) is 0 Å². The molecule has 0 unspecified atom stereocenters. The first kappa shape index (κ1) is 21.1. The third-order valence-corrected chi connectivity index (χ3v) is 6.18. The van der Waals surface area contributed by atoms with Gasteiger partial charge in [-0.1, -0.05) is 17.7 Å². The van der Waals surface area contributed by atoms with Crippen LogP contribution in [0.5, 0.6) is 0 Å². The van der Waals surface area contributed by atoms with Crippen molar-refractivity contribution in [3.05, 3.63) is 83.5 Å². The highest BCUT2D eigenvalue weighted by Crippen LogP contribution is 2.33. The summed E-state index contributed by atoms with van der Waals surface area (Å²) < 4.78 is 66.2. The monoisotopic (exact) mass is 463 g/mol. The number of benzene rings is 2. The lowest BCUT2D eigenvalue weighted by atomic mass is 10.1. The van der Waals surface area contributed by atoms with E-state index in [1.165, 1.54) is 12.1 Å². The van der Waals surface area contributed by atoms with Crippen LogP contribution in [0.1, 0.15) is 5.56 Å². The molecule has 0 spiro atoms. The molecule has 0 aliphatic rings. The molecular weight excluding hydrogens is 451 g/mol. The summed E-state index contributed by atoms with van der Waals surface area (Å²) in [6.45, 7) is 0. The number of hydrogen-bond acceptors (Lipinski definition) is 4. The fraction of sp³-hybridized carbons (Fsp3) is 0.0476. The van der Waals surface area contributed by atoms with Crippen LogP contribution in [0.2, 0.25) is 5.02 Å². The van der Waals surface area contributed by atoms with Gasteiger partial charge in [-0.05, 0) is 60.7 Å². The smallest absolute Gasteiger partial charge is 0.277 e. The van der Waals surface area contributed by atoms with Gasteiger partial charge in [-0.2, -0.15) is 13.2 Å². The van der Waals surface area contributed by atoms with E-state index >= 15 is 0 Å². The van der Waals surface area contributed by atoms with Crippen LogP contribution in [0.15, 0.2) is 77.8 Å². The molecular formula is C21H13ClF3N3O2S. The van der Waals surface area contributed by atoms with Crippen LogP contribution in [0.4, 0.5) is 18.9 Å². The average molecular weight is 464 g/mol. The van der Waals surface area contributed by atoms with Crippen LogP contribution in [0.3, 0.4) is 0 Å². The Hall–Kier alpha value is -3.17. The lowest BCUT2D eigenvalue weighted by molar-refractivity contribution is -0.137. The number of sulfonamides is 1. The number of nitrogens with zero attached hydrogens (tertiary/aromatic N) is 2. The first-order valence-electron chi connectivity index (χ1n) is 8.86. The molecule has 1 N–H and O–H groups in total. The van der Waals surface area contributed by atoms with Gasteiger partial charge < -0.3 is 0 Å². The molecule has 2 heterocycles. The maximum Gasteiger partial charge on any atom is 0.416 e. The van der Waals surface area contributed by atoms with Crippen LogP contribution >= 0.6 is 11.6 Å². The van der Waals surface area contributed by atoms with E-state index in [0.29, 0.717) is 33.9 Å². The van der Waals surface area contributed by atoms with Crippen LogP contribution in [-0.4, -0.2) is 18.4 Å². The molecule has 0 fully saturated rings. The van der Waals surface area contributed by atoms with Gasteiger partial charge in [0.1, 0.15) is 0 Å². The molecule has 0 aliphatic carbocycles. The van der Waals surface area contributed by atoms with Gasteiger partial charge in [0.2, 0.25) is 0 Å². The Balaban J connectivity index is 1.76. The summed E-state index contributed by atoms with van der Waals surface area (Å²) in [4.78, 5) is 8.42. The van der Waals surface area contributed by atoms with E-state index in [2.05, 4.69) is 14.7 Å². The molecule has 0 atom stereocenters. The second-order valence-corrected chi connectivity index (χ2v) is 8.62. The molecule has 0 saturated heterocycles. The Morgan fingerprint density at radius 3 is 2.26 bits per heavy atom. The summed E-state index contributed by atoms with van der Waals surface area (Å²) >= 11 is 6.24. The van der Waals surface area contributed by atoms with Crippen molar-refractivity contribution in [2.75, 3.05) is 4.72 Å². The summed E-state index contributed by atoms with van der Waals surface area (Å²) in [6.07, 6.45) is -2.96. The lowest BCUT2D eigenvalue weighted by Gasteiger charge is -2.13. The first-order valence-corrected chi connectivity index (χ1v) is 10.7. The Kier molecular flexibility index (Phi) is 5.32. The fourth-order valence-corrected chi connectivity index (χ4v) is 4.23. The predicted octanol–water partition coefficient (Wildman–Crippen LogP) is 5.77. The molecule has 2 aromatic carbocycles. The van der Waals surface area contributed by atoms with Crippen molar-refractivity contribution in [2.45, 2.75) is 11.1 Å². The number of rotatable bonds is 4. The zero-order chi connectivity index (χ0) is 22.2. The van der Waals surface area contributed by atoms with Crippen molar-refractivity contribution < 1.29 is 21.6 Å². The maximum absolute atomic E-state index is 12.8. The number of aromatic nitrogens is 2. The molecule has 0 amide bonds. The normalized spacial score (nSPS) is 12.1. The van der Waals surface area contributed by atoms with Gasteiger partial charge in [0.05, 0.1) is 38.1 Å². The summed E-state index contributed by atoms with van der Waals surface area (Å²) in [7, 11) is -4.17. The molecule has 0 bridgehead atoms. The number of hydrogen-bond donors (Lipinski definition) is 1. The zero-order valence-electron chi connectivity index (χ0n) is 15.6. The number of halogens is 4. The summed E-state index contributed by atoms with van der Waals surface area (Å²) in [6, 6.07) is 14.9.